The molecule has 1 amide bonds. The highest BCUT2D eigenvalue weighted by Gasteiger charge is 2.07. The number of halogens is 1. The van der Waals surface area contributed by atoms with Crippen molar-refractivity contribution in [2.75, 3.05) is 5.32 Å². The number of carbonyl (C=O) groups excluding carboxylic acids is 1. The first-order valence-corrected chi connectivity index (χ1v) is 5.98. The van der Waals surface area contributed by atoms with Crippen molar-refractivity contribution in [1.29, 1.82) is 0 Å². The number of carboxylic acids is 1. The zero-order valence-corrected chi connectivity index (χ0v) is 10.8. The first kappa shape index (κ1) is 14.4. The van der Waals surface area contributed by atoms with E-state index in [1.807, 2.05) is 0 Å². The number of pyridine rings is 1. The van der Waals surface area contributed by atoms with Crippen molar-refractivity contribution in [3.63, 3.8) is 0 Å². The fourth-order valence-electron chi connectivity index (χ4n) is 1.57. The lowest BCUT2D eigenvalue weighted by molar-refractivity contribution is -0.131. The van der Waals surface area contributed by atoms with Gasteiger partial charge >= 0.3 is 5.97 Å². The maximum Gasteiger partial charge on any atom is 0.328 e. The molecular weight excluding hydrogens is 275 g/mol. The molecule has 0 aliphatic heterocycles. The average molecular weight is 286 g/mol. The third kappa shape index (κ3) is 4.24. The molecule has 0 spiro atoms. The zero-order valence-electron chi connectivity index (χ0n) is 10.8. The number of anilines is 1. The lowest BCUT2D eigenvalue weighted by atomic mass is 10.2. The van der Waals surface area contributed by atoms with E-state index in [0.717, 1.165) is 6.08 Å². The largest absolute Gasteiger partial charge is 0.478 e. The minimum atomic E-state index is -1.07. The van der Waals surface area contributed by atoms with Gasteiger partial charge in [0.15, 0.2) is 0 Å². The van der Waals surface area contributed by atoms with Gasteiger partial charge in [0.1, 0.15) is 11.5 Å². The van der Waals surface area contributed by atoms with E-state index in [1.54, 1.807) is 12.1 Å². The number of nitrogens with zero attached hydrogens (tertiary/aromatic N) is 1. The molecule has 106 valence electrons. The third-order valence-corrected chi connectivity index (χ3v) is 2.52. The summed E-state index contributed by atoms with van der Waals surface area (Å²) in [6.07, 6.45) is 3.72. The van der Waals surface area contributed by atoms with Gasteiger partial charge in [0.25, 0.3) is 5.91 Å². The van der Waals surface area contributed by atoms with Gasteiger partial charge in [-0.05, 0) is 35.9 Å². The number of carboxylic acid groups (broad SMARTS) is 1. The van der Waals surface area contributed by atoms with Crippen LogP contribution in [0.4, 0.5) is 10.1 Å². The number of benzene rings is 1. The van der Waals surface area contributed by atoms with Gasteiger partial charge in [-0.1, -0.05) is 12.1 Å². The smallest absolute Gasteiger partial charge is 0.328 e. The molecule has 0 atom stereocenters. The van der Waals surface area contributed by atoms with E-state index in [1.165, 1.54) is 36.5 Å². The summed E-state index contributed by atoms with van der Waals surface area (Å²) in [4.78, 5) is 26.2. The predicted molar refractivity (Wildman–Crippen MR) is 75.3 cm³/mol. The molecule has 0 aliphatic rings. The second kappa shape index (κ2) is 6.42. The summed E-state index contributed by atoms with van der Waals surface area (Å²) in [6.45, 7) is 0. The molecule has 0 saturated carbocycles. The van der Waals surface area contributed by atoms with E-state index in [-0.39, 0.29) is 5.69 Å². The van der Waals surface area contributed by atoms with Gasteiger partial charge in [0.05, 0.1) is 0 Å². The Bertz CT molecular complexity index is 696. The Morgan fingerprint density at radius 3 is 2.67 bits per heavy atom. The molecule has 2 N–H and O–H groups in total. The fourth-order valence-corrected chi connectivity index (χ4v) is 1.57. The molecular formula is C15H11FN2O3. The summed E-state index contributed by atoms with van der Waals surface area (Å²) in [6, 6.07) is 8.53. The van der Waals surface area contributed by atoms with Crippen molar-refractivity contribution in [3.05, 3.63) is 65.7 Å². The number of amides is 1. The lowest BCUT2D eigenvalue weighted by Gasteiger charge is -2.04. The van der Waals surface area contributed by atoms with Crippen LogP contribution in [0.15, 0.2) is 48.7 Å². The highest BCUT2D eigenvalue weighted by molar-refractivity contribution is 6.02. The van der Waals surface area contributed by atoms with Crippen molar-refractivity contribution in [1.82, 2.24) is 4.98 Å². The Labute approximate surface area is 119 Å². The molecule has 0 aliphatic carbocycles. The molecule has 0 fully saturated rings. The Hall–Kier alpha value is -3.02. The first-order chi connectivity index (χ1) is 10.0. The molecule has 2 aromatic rings. The van der Waals surface area contributed by atoms with Crippen molar-refractivity contribution in [3.8, 4) is 0 Å². The van der Waals surface area contributed by atoms with Gasteiger partial charge < -0.3 is 10.4 Å². The zero-order chi connectivity index (χ0) is 15.2. The molecule has 0 radical (unpaired) electrons. The Morgan fingerprint density at radius 2 is 2.05 bits per heavy atom. The second-order valence-corrected chi connectivity index (χ2v) is 4.11. The number of rotatable bonds is 4. The third-order valence-electron chi connectivity index (χ3n) is 2.52. The maximum absolute atomic E-state index is 13.0. The van der Waals surface area contributed by atoms with Crippen LogP contribution >= 0.6 is 0 Å². The van der Waals surface area contributed by atoms with E-state index in [0.29, 0.717) is 11.3 Å². The van der Waals surface area contributed by atoms with Crippen LogP contribution in [0.3, 0.4) is 0 Å². The molecule has 1 aromatic heterocycles. The van der Waals surface area contributed by atoms with Crippen LogP contribution < -0.4 is 5.32 Å². The van der Waals surface area contributed by atoms with Crippen LogP contribution in [0.25, 0.3) is 6.08 Å². The van der Waals surface area contributed by atoms with Crippen LogP contribution in [0.2, 0.25) is 0 Å². The summed E-state index contributed by atoms with van der Waals surface area (Å²) >= 11 is 0. The van der Waals surface area contributed by atoms with Crippen molar-refractivity contribution < 1.29 is 19.1 Å². The fraction of sp³-hybridized carbons (Fsp3) is 0. The van der Waals surface area contributed by atoms with E-state index in [2.05, 4.69) is 10.3 Å². The monoisotopic (exact) mass is 286 g/mol. The highest BCUT2D eigenvalue weighted by Crippen LogP contribution is 2.11. The molecule has 6 heteroatoms. The molecule has 0 saturated heterocycles. The van der Waals surface area contributed by atoms with E-state index in [4.69, 9.17) is 5.11 Å². The lowest BCUT2D eigenvalue weighted by Crippen LogP contribution is -2.13. The maximum atomic E-state index is 13.0. The number of aliphatic carboxylic acids is 1. The number of hydrogen-bond donors (Lipinski definition) is 2. The molecule has 5 nitrogen and oxygen atoms in total. The minimum Gasteiger partial charge on any atom is -0.478 e. The molecule has 0 bridgehead atoms. The van der Waals surface area contributed by atoms with Gasteiger partial charge in [-0.3, -0.25) is 9.78 Å². The van der Waals surface area contributed by atoms with Crippen LogP contribution in [0.1, 0.15) is 16.1 Å². The SMILES string of the molecule is O=C(O)C=Cc1ccc(C(=O)Nc2cccc(F)c2)nc1. The van der Waals surface area contributed by atoms with Gasteiger partial charge in [-0.15, -0.1) is 0 Å². The van der Waals surface area contributed by atoms with E-state index >= 15 is 0 Å². The average Bonchev–Trinajstić information content (AvgIpc) is 2.45. The van der Waals surface area contributed by atoms with Crippen LogP contribution in [-0.4, -0.2) is 22.0 Å². The number of hydrogen-bond acceptors (Lipinski definition) is 3. The standard InChI is InChI=1S/C15H11FN2O3/c16-11-2-1-3-12(8-11)18-15(21)13-6-4-10(9-17-13)5-7-14(19)20/h1-9H,(H,18,21)(H,19,20). The van der Waals surface area contributed by atoms with Crippen LogP contribution in [0.5, 0.6) is 0 Å². The predicted octanol–water partition coefficient (Wildman–Crippen LogP) is 2.57. The van der Waals surface area contributed by atoms with Gasteiger partial charge in [-0.2, -0.15) is 0 Å². The topological polar surface area (TPSA) is 79.3 Å². The van der Waals surface area contributed by atoms with Crippen molar-refractivity contribution in [2.45, 2.75) is 0 Å². The molecule has 21 heavy (non-hydrogen) atoms. The molecule has 2 rings (SSSR count). The summed E-state index contributed by atoms with van der Waals surface area (Å²) in [5.41, 5.74) is 1.03. The summed E-state index contributed by atoms with van der Waals surface area (Å²) < 4.78 is 13.0. The number of carbonyl (C=O) groups is 2. The van der Waals surface area contributed by atoms with Gasteiger partial charge in [0.2, 0.25) is 0 Å². The van der Waals surface area contributed by atoms with Crippen molar-refractivity contribution >= 4 is 23.6 Å². The Morgan fingerprint density at radius 1 is 1.24 bits per heavy atom. The van der Waals surface area contributed by atoms with E-state index < -0.39 is 17.7 Å². The highest BCUT2D eigenvalue weighted by atomic mass is 19.1. The summed E-state index contributed by atoms with van der Waals surface area (Å²) in [5, 5.41) is 11.0. The number of nitrogens with one attached hydrogen (secondary N) is 1. The van der Waals surface area contributed by atoms with Crippen LogP contribution in [-0.2, 0) is 4.79 Å². The first-order valence-electron chi connectivity index (χ1n) is 5.98. The molecule has 1 aromatic carbocycles. The van der Waals surface area contributed by atoms with Crippen molar-refractivity contribution in [2.24, 2.45) is 0 Å². The minimum absolute atomic E-state index is 0.145. The second-order valence-electron chi connectivity index (χ2n) is 4.11. The van der Waals surface area contributed by atoms with Crippen LogP contribution in [0, 0.1) is 5.82 Å². The van der Waals surface area contributed by atoms with Gasteiger partial charge in [0, 0.05) is 18.0 Å². The summed E-state index contributed by atoms with van der Waals surface area (Å²) in [7, 11) is 0. The molecule has 0 unspecified atom stereocenters. The summed E-state index contributed by atoms with van der Waals surface area (Å²) in [5.74, 6) is -1.99. The Balaban J connectivity index is 2.08. The Kier molecular flexibility index (Phi) is 4.40. The van der Waals surface area contributed by atoms with Gasteiger partial charge in [-0.25, -0.2) is 9.18 Å². The van der Waals surface area contributed by atoms with E-state index in [9.17, 15) is 14.0 Å². The quantitative estimate of drug-likeness (QED) is 0.847. The number of aromatic nitrogens is 1. The normalized spacial score (nSPS) is 10.5. The molecule has 1 heterocycles.